The Morgan fingerprint density at radius 3 is 3.00 bits per heavy atom. The molecule has 1 aliphatic rings. The number of thiocarbonyl (C=S) groups is 1. The summed E-state index contributed by atoms with van der Waals surface area (Å²) in [6, 6.07) is 6.00. The third-order valence-electron chi connectivity index (χ3n) is 2.57. The second-order valence-corrected chi connectivity index (χ2v) is 4.14. The van der Waals surface area contributed by atoms with Gasteiger partial charge in [-0.2, -0.15) is 0 Å². The van der Waals surface area contributed by atoms with E-state index in [1.165, 1.54) is 12.1 Å². The lowest BCUT2D eigenvalue weighted by Crippen LogP contribution is -2.31. The molecule has 2 rings (SSSR count). The number of halogens is 1. The molecule has 0 radical (unpaired) electrons. The number of aliphatic hydroxyl groups excluding tert-OH is 1. The average Bonchev–Trinajstić information content (AvgIpc) is 2.64. The molecule has 0 bridgehead atoms. The van der Waals surface area contributed by atoms with Gasteiger partial charge in [-0.25, -0.2) is 4.39 Å². The van der Waals surface area contributed by atoms with Crippen molar-refractivity contribution in [2.45, 2.75) is 6.10 Å². The van der Waals surface area contributed by atoms with E-state index in [1.807, 2.05) is 4.90 Å². The van der Waals surface area contributed by atoms with Crippen LogP contribution in [0.4, 0.5) is 4.39 Å². The summed E-state index contributed by atoms with van der Waals surface area (Å²) >= 11 is 5.06. The molecule has 1 fully saturated rings. The minimum absolute atomic E-state index is 0.335. The smallest absolute Gasteiger partial charge is 0.169 e. The molecule has 1 aromatic carbocycles. The van der Waals surface area contributed by atoms with E-state index < -0.39 is 6.10 Å². The van der Waals surface area contributed by atoms with Crippen LogP contribution in [0, 0.1) is 5.82 Å². The fraction of sp³-hybridized carbons (Fsp3) is 0.364. The zero-order valence-electron chi connectivity index (χ0n) is 8.69. The molecule has 5 heteroatoms. The van der Waals surface area contributed by atoms with Crippen molar-refractivity contribution in [1.29, 1.82) is 0 Å². The van der Waals surface area contributed by atoms with Crippen molar-refractivity contribution < 1.29 is 9.50 Å². The van der Waals surface area contributed by atoms with Crippen molar-refractivity contribution in [2.24, 2.45) is 0 Å². The zero-order valence-corrected chi connectivity index (χ0v) is 9.51. The van der Waals surface area contributed by atoms with Gasteiger partial charge in [0.25, 0.3) is 0 Å². The van der Waals surface area contributed by atoms with Gasteiger partial charge >= 0.3 is 0 Å². The van der Waals surface area contributed by atoms with Crippen molar-refractivity contribution in [3.63, 3.8) is 0 Å². The van der Waals surface area contributed by atoms with Crippen molar-refractivity contribution in [1.82, 2.24) is 10.2 Å². The predicted octanol–water partition coefficient (Wildman–Crippen LogP) is 1.05. The lowest BCUT2D eigenvalue weighted by molar-refractivity contribution is 0.148. The van der Waals surface area contributed by atoms with Crippen LogP contribution < -0.4 is 5.32 Å². The van der Waals surface area contributed by atoms with E-state index in [9.17, 15) is 9.50 Å². The first-order valence-electron chi connectivity index (χ1n) is 5.13. The third kappa shape index (κ3) is 2.48. The van der Waals surface area contributed by atoms with E-state index >= 15 is 0 Å². The van der Waals surface area contributed by atoms with Gasteiger partial charge in [0, 0.05) is 13.1 Å². The highest BCUT2D eigenvalue weighted by Crippen LogP contribution is 2.16. The highest BCUT2D eigenvalue weighted by Gasteiger charge is 2.20. The summed E-state index contributed by atoms with van der Waals surface area (Å²) in [6.45, 7) is 1.98. The molecular weight excluding hydrogens is 227 g/mol. The Labute approximate surface area is 98.9 Å². The number of hydrogen-bond acceptors (Lipinski definition) is 2. The molecule has 0 saturated carbocycles. The van der Waals surface area contributed by atoms with Gasteiger partial charge < -0.3 is 15.3 Å². The number of nitrogens with one attached hydrogen (secondary N) is 1. The van der Waals surface area contributed by atoms with Gasteiger partial charge in [0.05, 0.1) is 12.6 Å². The predicted molar refractivity (Wildman–Crippen MR) is 63.5 cm³/mol. The SMILES string of the molecule is OC(CN1CCNC1=S)c1cccc(F)c1. The molecule has 1 atom stereocenters. The molecule has 2 N–H and O–H groups in total. The Hall–Kier alpha value is -1.20. The molecular formula is C11H13FN2OS. The molecule has 0 aromatic heterocycles. The van der Waals surface area contributed by atoms with Crippen molar-refractivity contribution in [3.05, 3.63) is 35.6 Å². The molecule has 86 valence electrons. The molecule has 16 heavy (non-hydrogen) atoms. The highest BCUT2D eigenvalue weighted by atomic mass is 32.1. The number of benzene rings is 1. The summed E-state index contributed by atoms with van der Waals surface area (Å²) in [5.41, 5.74) is 0.578. The van der Waals surface area contributed by atoms with Crippen molar-refractivity contribution in [3.8, 4) is 0 Å². The van der Waals surface area contributed by atoms with Crippen LogP contribution in [-0.2, 0) is 0 Å². The van der Waals surface area contributed by atoms with Crippen molar-refractivity contribution in [2.75, 3.05) is 19.6 Å². The van der Waals surface area contributed by atoms with Crippen LogP contribution in [0.5, 0.6) is 0 Å². The largest absolute Gasteiger partial charge is 0.387 e. The maximum Gasteiger partial charge on any atom is 0.169 e. The first kappa shape index (κ1) is 11.3. The fourth-order valence-electron chi connectivity index (χ4n) is 1.71. The molecule has 1 aliphatic heterocycles. The Morgan fingerprint density at radius 2 is 2.38 bits per heavy atom. The molecule has 1 aromatic rings. The van der Waals surface area contributed by atoms with Gasteiger partial charge in [0.2, 0.25) is 0 Å². The van der Waals surface area contributed by atoms with Gasteiger partial charge in [-0.3, -0.25) is 0 Å². The lowest BCUT2D eigenvalue weighted by atomic mass is 10.1. The van der Waals surface area contributed by atoms with E-state index in [2.05, 4.69) is 5.32 Å². The minimum atomic E-state index is -0.714. The minimum Gasteiger partial charge on any atom is -0.387 e. The van der Waals surface area contributed by atoms with Gasteiger partial charge in [0.15, 0.2) is 5.11 Å². The quantitative estimate of drug-likeness (QED) is 0.774. The van der Waals surface area contributed by atoms with Crippen LogP contribution >= 0.6 is 12.2 Å². The number of hydrogen-bond donors (Lipinski definition) is 2. The van der Waals surface area contributed by atoms with Gasteiger partial charge in [-0.15, -0.1) is 0 Å². The summed E-state index contributed by atoms with van der Waals surface area (Å²) in [5, 5.41) is 13.6. The maximum atomic E-state index is 13.0. The maximum absolute atomic E-state index is 13.0. The molecule has 0 amide bonds. The van der Waals surface area contributed by atoms with Crippen LogP contribution in [0.1, 0.15) is 11.7 Å². The number of aliphatic hydroxyl groups is 1. The number of β-amino-alcohol motifs (C(OH)–C–C–N with tert-alkyl or cyclic N) is 1. The first-order chi connectivity index (χ1) is 7.66. The van der Waals surface area contributed by atoms with Gasteiger partial charge in [-0.1, -0.05) is 12.1 Å². The number of nitrogens with zero attached hydrogens (tertiary/aromatic N) is 1. The van der Waals surface area contributed by atoms with E-state index in [1.54, 1.807) is 12.1 Å². The fourth-order valence-corrected chi connectivity index (χ4v) is 1.98. The van der Waals surface area contributed by atoms with E-state index in [0.29, 0.717) is 17.2 Å². The Kier molecular flexibility index (Phi) is 3.36. The summed E-state index contributed by atoms with van der Waals surface area (Å²) in [6.07, 6.45) is -0.714. The zero-order chi connectivity index (χ0) is 11.5. The molecule has 0 aliphatic carbocycles. The van der Waals surface area contributed by atoms with Crippen LogP contribution in [-0.4, -0.2) is 34.8 Å². The Bertz CT molecular complexity index is 399. The average molecular weight is 240 g/mol. The van der Waals surface area contributed by atoms with Gasteiger partial charge in [0.1, 0.15) is 5.82 Å². The second-order valence-electron chi connectivity index (χ2n) is 3.75. The van der Waals surface area contributed by atoms with E-state index in [-0.39, 0.29) is 5.82 Å². The van der Waals surface area contributed by atoms with Gasteiger partial charge in [-0.05, 0) is 29.9 Å². The Balaban J connectivity index is 2.02. The van der Waals surface area contributed by atoms with Crippen LogP contribution in [0.25, 0.3) is 0 Å². The van der Waals surface area contributed by atoms with E-state index in [4.69, 9.17) is 12.2 Å². The van der Waals surface area contributed by atoms with Crippen LogP contribution in [0.2, 0.25) is 0 Å². The molecule has 0 spiro atoms. The standard InChI is InChI=1S/C11H13FN2OS/c12-9-3-1-2-8(6-9)10(15)7-14-5-4-13-11(14)16/h1-3,6,10,15H,4-5,7H2,(H,13,16). The van der Waals surface area contributed by atoms with Crippen LogP contribution in [0.3, 0.4) is 0 Å². The topological polar surface area (TPSA) is 35.5 Å². The highest BCUT2D eigenvalue weighted by molar-refractivity contribution is 7.80. The number of rotatable bonds is 3. The Morgan fingerprint density at radius 1 is 1.56 bits per heavy atom. The van der Waals surface area contributed by atoms with Crippen molar-refractivity contribution >= 4 is 17.3 Å². The molecule has 1 heterocycles. The monoisotopic (exact) mass is 240 g/mol. The molecule has 1 saturated heterocycles. The van der Waals surface area contributed by atoms with E-state index in [0.717, 1.165) is 13.1 Å². The molecule has 1 unspecified atom stereocenters. The summed E-state index contributed by atoms with van der Waals surface area (Å²) in [5.74, 6) is -0.335. The third-order valence-corrected chi connectivity index (χ3v) is 2.97. The summed E-state index contributed by atoms with van der Waals surface area (Å²) < 4.78 is 13.0. The summed E-state index contributed by atoms with van der Waals surface area (Å²) in [7, 11) is 0. The first-order valence-corrected chi connectivity index (χ1v) is 5.54. The lowest BCUT2D eigenvalue weighted by Gasteiger charge is -2.20. The van der Waals surface area contributed by atoms with Crippen LogP contribution in [0.15, 0.2) is 24.3 Å². The summed E-state index contributed by atoms with van der Waals surface area (Å²) in [4.78, 5) is 1.88. The normalized spacial score (nSPS) is 17.4. The second kappa shape index (κ2) is 4.76. The molecule has 3 nitrogen and oxygen atoms in total.